The van der Waals surface area contributed by atoms with Gasteiger partial charge in [-0.15, -0.1) is 0 Å². The normalized spacial score (nSPS) is 18.3. The molecule has 0 amide bonds. The molecule has 3 heteroatoms. The lowest BCUT2D eigenvalue weighted by Gasteiger charge is -2.30. The summed E-state index contributed by atoms with van der Waals surface area (Å²) in [7, 11) is 0. The van der Waals surface area contributed by atoms with Gasteiger partial charge in [-0.25, -0.2) is 0 Å². The van der Waals surface area contributed by atoms with Crippen LogP contribution in [0, 0.1) is 0 Å². The predicted molar refractivity (Wildman–Crippen MR) is 108 cm³/mol. The number of aliphatic hydroxyl groups is 1. The maximum absolute atomic E-state index is 9.65. The van der Waals surface area contributed by atoms with Crippen LogP contribution in [0.3, 0.4) is 0 Å². The van der Waals surface area contributed by atoms with E-state index in [9.17, 15) is 5.11 Å². The van der Waals surface area contributed by atoms with Crippen LogP contribution in [0.1, 0.15) is 36.8 Å². The van der Waals surface area contributed by atoms with E-state index in [1.165, 1.54) is 35.3 Å². The van der Waals surface area contributed by atoms with Crippen molar-refractivity contribution < 1.29 is 5.11 Å². The number of nitrogens with zero attached hydrogens (tertiary/aromatic N) is 2. The molecule has 0 aliphatic carbocycles. The molecule has 0 unspecified atom stereocenters. The Morgan fingerprint density at radius 3 is 1.92 bits per heavy atom. The lowest BCUT2D eigenvalue weighted by Crippen LogP contribution is -2.36. The predicted octanol–water partition coefficient (Wildman–Crippen LogP) is 4.16. The third kappa shape index (κ3) is 3.94. The SMILES string of the molecule is OC1CCN(CCCCN2c3ccccc3CCc3ccccc32)CC1. The van der Waals surface area contributed by atoms with Crippen molar-refractivity contribution in [2.75, 3.05) is 31.1 Å². The first-order valence-corrected chi connectivity index (χ1v) is 10.1. The largest absolute Gasteiger partial charge is 0.393 e. The lowest BCUT2D eigenvalue weighted by molar-refractivity contribution is 0.0819. The fourth-order valence-electron chi connectivity index (χ4n) is 4.36. The minimum absolute atomic E-state index is 0.0728. The van der Waals surface area contributed by atoms with Gasteiger partial charge in [-0.05, 0) is 68.3 Å². The fourth-order valence-corrected chi connectivity index (χ4v) is 4.36. The molecule has 4 rings (SSSR count). The number of unbranched alkanes of at least 4 members (excludes halogenated alkanes) is 1. The molecule has 1 N–H and O–H groups in total. The Morgan fingerprint density at radius 1 is 0.769 bits per heavy atom. The van der Waals surface area contributed by atoms with Crippen LogP contribution in [0.4, 0.5) is 11.4 Å². The van der Waals surface area contributed by atoms with Crippen LogP contribution in [0.2, 0.25) is 0 Å². The zero-order chi connectivity index (χ0) is 17.8. The molecule has 1 saturated heterocycles. The second-order valence-corrected chi connectivity index (χ2v) is 7.69. The highest BCUT2D eigenvalue weighted by molar-refractivity contribution is 5.71. The molecular weight excluding hydrogens is 320 g/mol. The van der Waals surface area contributed by atoms with Crippen molar-refractivity contribution in [3.63, 3.8) is 0 Å². The summed E-state index contributed by atoms with van der Waals surface area (Å²) in [6.07, 6.45) is 6.47. The highest BCUT2D eigenvalue weighted by Crippen LogP contribution is 2.35. The number of hydrogen-bond acceptors (Lipinski definition) is 3. The van der Waals surface area contributed by atoms with Gasteiger partial charge in [0.1, 0.15) is 0 Å². The summed E-state index contributed by atoms with van der Waals surface area (Å²) in [6.45, 7) is 4.33. The molecular formula is C23H30N2O. The molecule has 2 aliphatic rings. The molecule has 2 aromatic carbocycles. The second kappa shape index (κ2) is 8.24. The standard InChI is InChI=1S/C23H30N2O/c26-21-13-17-24(18-14-21)15-5-6-16-25-22-9-3-1-7-19(22)11-12-20-8-2-4-10-23(20)25/h1-4,7-10,21,26H,5-6,11-18H2. The Kier molecular flexibility index (Phi) is 5.57. The first-order valence-electron chi connectivity index (χ1n) is 10.1. The molecule has 26 heavy (non-hydrogen) atoms. The Hall–Kier alpha value is -1.84. The molecule has 1 fully saturated rings. The van der Waals surface area contributed by atoms with Crippen molar-refractivity contribution in [2.45, 2.75) is 44.6 Å². The first kappa shape index (κ1) is 17.6. The summed E-state index contributed by atoms with van der Waals surface area (Å²) in [5.41, 5.74) is 5.71. The van der Waals surface area contributed by atoms with E-state index in [4.69, 9.17) is 0 Å². The third-order valence-electron chi connectivity index (χ3n) is 5.89. The van der Waals surface area contributed by atoms with Crippen molar-refractivity contribution in [1.82, 2.24) is 4.90 Å². The van der Waals surface area contributed by atoms with E-state index in [1.54, 1.807) is 0 Å². The van der Waals surface area contributed by atoms with E-state index >= 15 is 0 Å². The van der Waals surface area contributed by atoms with Gasteiger partial charge in [0.2, 0.25) is 0 Å². The minimum atomic E-state index is -0.0728. The Balaban J connectivity index is 1.42. The molecule has 0 aromatic heterocycles. The number of benzene rings is 2. The van der Waals surface area contributed by atoms with Crippen LogP contribution in [-0.4, -0.2) is 42.3 Å². The van der Waals surface area contributed by atoms with Crippen molar-refractivity contribution in [3.8, 4) is 0 Å². The average molecular weight is 351 g/mol. The van der Waals surface area contributed by atoms with Crippen LogP contribution in [-0.2, 0) is 12.8 Å². The Labute approximate surface area is 157 Å². The van der Waals surface area contributed by atoms with Gasteiger partial charge < -0.3 is 14.9 Å². The minimum Gasteiger partial charge on any atom is -0.393 e. The molecule has 138 valence electrons. The van der Waals surface area contributed by atoms with Gasteiger partial charge in [-0.2, -0.15) is 0 Å². The quantitative estimate of drug-likeness (QED) is 0.820. The maximum atomic E-state index is 9.65. The summed E-state index contributed by atoms with van der Waals surface area (Å²) < 4.78 is 0. The fraction of sp³-hybridized carbons (Fsp3) is 0.478. The zero-order valence-electron chi connectivity index (χ0n) is 15.6. The zero-order valence-corrected chi connectivity index (χ0v) is 15.6. The highest BCUT2D eigenvalue weighted by Gasteiger charge is 2.20. The molecule has 0 bridgehead atoms. The summed E-state index contributed by atoms with van der Waals surface area (Å²) >= 11 is 0. The topological polar surface area (TPSA) is 26.7 Å². The van der Waals surface area contributed by atoms with Crippen LogP contribution in [0.5, 0.6) is 0 Å². The van der Waals surface area contributed by atoms with Gasteiger partial charge in [-0.3, -0.25) is 0 Å². The molecule has 3 nitrogen and oxygen atoms in total. The Bertz CT molecular complexity index is 674. The summed E-state index contributed by atoms with van der Waals surface area (Å²) in [5.74, 6) is 0. The molecule has 0 atom stereocenters. The van der Waals surface area contributed by atoms with Crippen LogP contribution in [0.25, 0.3) is 0 Å². The maximum Gasteiger partial charge on any atom is 0.0564 e. The van der Waals surface area contributed by atoms with E-state index in [1.807, 2.05) is 0 Å². The van der Waals surface area contributed by atoms with E-state index < -0.39 is 0 Å². The van der Waals surface area contributed by atoms with E-state index in [0.717, 1.165) is 51.9 Å². The Morgan fingerprint density at radius 2 is 1.31 bits per heavy atom. The van der Waals surface area contributed by atoms with E-state index in [2.05, 4.69) is 58.3 Å². The molecule has 2 aliphatic heterocycles. The van der Waals surface area contributed by atoms with Crippen molar-refractivity contribution in [2.24, 2.45) is 0 Å². The monoisotopic (exact) mass is 350 g/mol. The summed E-state index contributed by atoms with van der Waals surface area (Å²) in [5, 5.41) is 9.65. The number of likely N-dealkylation sites (tertiary alicyclic amines) is 1. The van der Waals surface area contributed by atoms with Crippen LogP contribution >= 0.6 is 0 Å². The van der Waals surface area contributed by atoms with Gasteiger partial charge in [0, 0.05) is 31.0 Å². The number of aryl methyl sites for hydroxylation is 2. The highest BCUT2D eigenvalue weighted by atomic mass is 16.3. The number of rotatable bonds is 5. The van der Waals surface area contributed by atoms with Crippen LogP contribution in [0.15, 0.2) is 48.5 Å². The molecule has 0 spiro atoms. The van der Waals surface area contributed by atoms with Gasteiger partial charge in [0.05, 0.1) is 6.10 Å². The third-order valence-corrected chi connectivity index (χ3v) is 5.89. The number of hydrogen-bond donors (Lipinski definition) is 1. The first-order chi connectivity index (χ1) is 12.8. The van der Waals surface area contributed by atoms with E-state index in [0.29, 0.717) is 0 Å². The van der Waals surface area contributed by atoms with E-state index in [-0.39, 0.29) is 6.10 Å². The lowest BCUT2D eigenvalue weighted by atomic mass is 10.0. The summed E-state index contributed by atoms with van der Waals surface area (Å²) in [4.78, 5) is 5.05. The van der Waals surface area contributed by atoms with Gasteiger partial charge in [0.25, 0.3) is 0 Å². The smallest absolute Gasteiger partial charge is 0.0564 e. The number of para-hydroxylation sites is 2. The van der Waals surface area contributed by atoms with Gasteiger partial charge >= 0.3 is 0 Å². The number of piperidine rings is 1. The van der Waals surface area contributed by atoms with Crippen LogP contribution < -0.4 is 4.90 Å². The van der Waals surface area contributed by atoms with Gasteiger partial charge in [-0.1, -0.05) is 36.4 Å². The van der Waals surface area contributed by atoms with Crippen molar-refractivity contribution in [1.29, 1.82) is 0 Å². The average Bonchev–Trinajstić information content (AvgIpc) is 2.84. The van der Waals surface area contributed by atoms with Gasteiger partial charge in [0.15, 0.2) is 0 Å². The molecule has 2 heterocycles. The number of anilines is 2. The second-order valence-electron chi connectivity index (χ2n) is 7.69. The van der Waals surface area contributed by atoms with Crippen molar-refractivity contribution >= 4 is 11.4 Å². The number of aliphatic hydroxyl groups excluding tert-OH is 1. The molecule has 2 aromatic rings. The van der Waals surface area contributed by atoms with Crippen molar-refractivity contribution in [3.05, 3.63) is 59.7 Å². The summed E-state index contributed by atoms with van der Waals surface area (Å²) in [6, 6.07) is 17.8. The molecule has 0 radical (unpaired) electrons. The number of fused-ring (bicyclic) bond motifs is 2. The molecule has 0 saturated carbocycles.